The van der Waals surface area contributed by atoms with Crippen LogP contribution in [-0.2, 0) is 4.79 Å². The van der Waals surface area contributed by atoms with Gasteiger partial charge in [0.15, 0.2) is 0 Å². The number of carbonyl (C=O) groups excluding carboxylic acids is 1. The summed E-state index contributed by atoms with van der Waals surface area (Å²) in [5.41, 5.74) is 1.80. The maximum atomic E-state index is 12.3. The fraction of sp³-hybridized carbons (Fsp3) is 0.182. The summed E-state index contributed by atoms with van der Waals surface area (Å²) in [6.07, 6.45) is 5.12. The van der Waals surface area contributed by atoms with Crippen molar-refractivity contribution in [1.82, 2.24) is 9.88 Å². The highest BCUT2D eigenvalue weighted by Crippen LogP contribution is 2.18. The summed E-state index contributed by atoms with van der Waals surface area (Å²) in [5, 5.41) is 1.05. The van der Waals surface area contributed by atoms with E-state index in [0.29, 0.717) is 13.2 Å². The summed E-state index contributed by atoms with van der Waals surface area (Å²) in [5.74, 6) is 1.44. The fourth-order valence-corrected chi connectivity index (χ4v) is 2.63. The minimum atomic E-state index is -0.0822. The van der Waals surface area contributed by atoms with E-state index in [1.807, 2.05) is 54.6 Å². The minimum Gasteiger partial charge on any atom is -0.497 e. The van der Waals surface area contributed by atoms with Crippen LogP contribution in [0.4, 0.5) is 0 Å². The molecule has 3 rings (SSSR count). The Morgan fingerprint density at radius 2 is 1.81 bits per heavy atom. The molecule has 1 aromatic heterocycles. The van der Waals surface area contributed by atoms with Gasteiger partial charge < -0.3 is 14.4 Å². The molecule has 5 nitrogen and oxygen atoms in total. The van der Waals surface area contributed by atoms with Gasteiger partial charge in [0.1, 0.15) is 18.1 Å². The lowest BCUT2D eigenvalue weighted by Gasteiger charge is -2.15. The van der Waals surface area contributed by atoms with Gasteiger partial charge in [0.05, 0.1) is 19.2 Å². The third kappa shape index (κ3) is 4.85. The number of amides is 1. The highest BCUT2D eigenvalue weighted by molar-refractivity contribution is 5.95. The second kappa shape index (κ2) is 8.85. The molecule has 0 spiro atoms. The number of pyridine rings is 1. The minimum absolute atomic E-state index is 0.0822. The summed E-state index contributed by atoms with van der Waals surface area (Å²) in [6.45, 7) is 0.904. The van der Waals surface area contributed by atoms with Crippen molar-refractivity contribution in [1.29, 1.82) is 0 Å². The Bertz CT molecular complexity index is 930. The molecule has 0 radical (unpaired) electrons. The molecule has 0 aliphatic heterocycles. The summed E-state index contributed by atoms with van der Waals surface area (Å²) in [6, 6.07) is 17.2. The summed E-state index contributed by atoms with van der Waals surface area (Å²) >= 11 is 0. The lowest BCUT2D eigenvalue weighted by Crippen LogP contribution is -2.29. The van der Waals surface area contributed by atoms with E-state index in [4.69, 9.17) is 9.47 Å². The number of methoxy groups -OCH3 is 1. The van der Waals surface area contributed by atoms with Crippen molar-refractivity contribution in [3.05, 3.63) is 72.4 Å². The Hall–Kier alpha value is -3.34. The van der Waals surface area contributed by atoms with Crippen LogP contribution in [0.1, 0.15) is 5.56 Å². The van der Waals surface area contributed by atoms with Crippen LogP contribution in [-0.4, -0.2) is 43.1 Å². The summed E-state index contributed by atoms with van der Waals surface area (Å²) in [7, 11) is 3.38. The zero-order valence-electron chi connectivity index (χ0n) is 15.5. The van der Waals surface area contributed by atoms with E-state index in [9.17, 15) is 4.79 Å². The number of nitrogens with zero attached hydrogens (tertiary/aromatic N) is 2. The van der Waals surface area contributed by atoms with E-state index in [1.165, 1.54) is 0 Å². The highest BCUT2D eigenvalue weighted by atomic mass is 16.5. The molecule has 3 aromatic rings. The van der Waals surface area contributed by atoms with Gasteiger partial charge in [0, 0.05) is 30.3 Å². The van der Waals surface area contributed by atoms with E-state index >= 15 is 0 Å². The SMILES string of the molecule is COc1ccc(OCCN(C)C(=O)/C=C/c2cccc3cccnc23)cc1. The molecule has 5 heteroatoms. The van der Waals surface area contributed by atoms with Gasteiger partial charge in [-0.2, -0.15) is 0 Å². The second-order valence-corrected chi connectivity index (χ2v) is 6.04. The lowest BCUT2D eigenvalue weighted by molar-refractivity contribution is -0.125. The zero-order chi connectivity index (χ0) is 19.1. The van der Waals surface area contributed by atoms with Gasteiger partial charge >= 0.3 is 0 Å². The molecule has 0 saturated carbocycles. The van der Waals surface area contributed by atoms with E-state index in [1.54, 1.807) is 37.4 Å². The van der Waals surface area contributed by atoms with E-state index in [0.717, 1.165) is 28.0 Å². The van der Waals surface area contributed by atoms with Gasteiger partial charge in [-0.25, -0.2) is 0 Å². The first-order chi connectivity index (χ1) is 13.2. The lowest BCUT2D eigenvalue weighted by atomic mass is 10.1. The van der Waals surface area contributed by atoms with Crippen molar-refractivity contribution >= 4 is 22.9 Å². The average Bonchev–Trinajstić information content (AvgIpc) is 2.72. The summed E-state index contributed by atoms with van der Waals surface area (Å²) < 4.78 is 10.8. The second-order valence-electron chi connectivity index (χ2n) is 6.04. The van der Waals surface area contributed by atoms with E-state index in [2.05, 4.69) is 4.98 Å². The number of hydrogen-bond acceptors (Lipinski definition) is 4. The predicted octanol–water partition coefficient (Wildman–Crippen LogP) is 3.79. The van der Waals surface area contributed by atoms with Gasteiger partial charge in [-0.15, -0.1) is 0 Å². The van der Waals surface area contributed by atoms with Gasteiger partial charge in [0.2, 0.25) is 5.91 Å². The van der Waals surface area contributed by atoms with Gasteiger partial charge in [-0.1, -0.05) is 24.3 Å². The number of benzene rings is 2. The van der Waals surface area contributed by atoms with Crippen LogP contribution in [0.3, 0.4) is 0 Å². The molecule has 27 heavy (non-hydrogen) atoms. The van der Waals surface area contributed by atoms with Crippen LogP contribution >= 0.6 is 0 Å². The van der Waals surface area contributed by atoms with Crippen LogP contribution in [0.15, 0.2) is 66.9 Å². The standard InChI is InChI=1S/C22H22N2O3/c1-24(15-16-27-20-11-9-19(26-2)10-12-20)21(25)13-8-18-6-3-5-17-7-4-14-23-22(17)18/h3-14H,15-16H2,1-2H3/b13-8+. The van der Waals surface area contributed by atoms with Gasteiger partial charge in [-0.3, -0.25) is 9.78 Å². The topological polar surface area (TPSA) is 51.7 Å². The predicted molar refractivity (Wildman–Crippen MR) is 107 cm³/mol. The van der Waals surface area contributed by atoms with Crippen LogP contribution in [0, 0.1) is 0 Å². The smallest absolute Gasteiger partial charge is 0.246 e. The molecular formula is C22H22N2O3. The number of ether oxygens (including phenoxy) is 2. The Kier molecular flexibility index (Phi) is 6.05. The van der Waals surface area contributed by atoms with Crippen molar-refractivity contribution in [3.8, 4) is 11.5 Å². The monoisotopic (exact) mass is 362 g/mol. The van der Waals surface area contributed by atoms with Gasteiger partial charge in [0.25, 0.3) is 0 Å². The number of fused-ring (bicyclic) bond motifs is 1. The van der Waals surface area contributed by atoms with Crippen LogP contribution in [0.2, 0.25) is 0 Å². The molecule has 0 bridgehead atoms. The maximum absolute atomic E-state index is 12.3. The molecule has 0 fully saturated rings. The van der Waals surface area contributed by atoms with Crippen LogP contribution in [0.25, 0.3) is 17.0 Å². The number of aromatic nitrogens is 1. The van der Waals surface area contributed by atoms with Crippen molar-refractivity contribution in [2.45, 2.75) is 0 Å². The molecule has 0 aliphatic rings. The summed E-state index contributed by atoms with van der Waals surface area (Å²) in [4.78, 5) is 18.3. The number of likely N-dealkylation sites (N-methyl/N-ethyl adjacent to an activating group) is 1. The largest absolute Gasteiger partial charge is 0.497 e. The van der Waals surface area contributed by atoms with Crippen molar-refractivity contribution < 1.29 is 14.3 Å². The highest BCUT2D eigenvalue weighted by Gasteiger charge is 2.06. The normalized spacial score (nSPS) is 10.9. The van der Waals surface area contributed by atoms with E-state index < -0.39 is 0 Å². The fourth-order valence-electron chi connectivity index (χ4n) is 2.63. The molecule has 0 N–H and O–H groups in total. The number of rotatable bonds is 7. The Balaban J connectivity index is 1.54. The average molecular weight is 362 g/mol. The first-order valence-corrected chi connectivity index (χ1v) is 8.71. The third-order valence-corrected chi connectivity index (χ3v) is 4.20. The van der Waals surface area contributed by atoms with Crippen molar-refractivity contribution in [3.63, 3.8) is 0 Å². The van der Waals surface area contributed by atoms with Gasteiger partial charge in [-0.05, 0) is 36.4 Å². The molecular weight excluding hydrogens is 340 g/mol. The number of para-hydroxylation sites is 1. The molecule has 0 saturated heterocycles. The third-order valence-electron chi connectivity index (χ3n) is 4.20. The van der Waals surface area contributed by atoms with Crippen LogP contribution < -0.4 is 9.47 Å². The molecule has 0 aliphatic carbocycles. The number of hydrogen-bond donors (Lipinski definition) is 0. The molecule has 138 valence electrons. The number of carbonyl (C=O) groups is 1. The first-order valence-electron chi connectivity index (χ1n) is 8.71. The Morgan fingerprint density at radius 1 is 1.07 bits per heavy atom. The maximum Gasteiger partial charge on any atom is 0.246 e. The van der Waals surface area contributed by atoms with Crippen LogP contribution in [0.5, 0.6) is 11.5 Å². The zero-order valence-corrected chi connectivity index (χ0v) is 15.5. The van der Waals surface area contributed by atoms with Crippen molar-refractivity contribution in [2.24, 2.45) is 0 Å². The molecule has 2 aromatic carbocycles. The Labute approximate surface area is 158 Å². The quantitative estimate of drug-likeness (QED) is 0.600. The van der Waals surface area contributed by atoms with E-state index in [-0.39, 0.29) is 5.91 Å². The molecule has 0 atom stereocenters. The molecule has 1 heterocycles. The molecule has 0 unspecified atom stereocenters. The Morgan fingerprint density at radius 3 is 2.59 bits per heavy atom. The molecule has 1 amide bonds. The van der Waals surface area contributed by atoms with Crippen molar-refractivity contribution in [2.75, 3.05) is 27.3 Å². The first kappa shape index (κ1) is 18.5.